The summed E-state index contributed by atoms with van der Waals surface area (Å²) in [5, 5.41) is 1.37. The van der Waals surface area contributed by atoms with Gasteiger partial charge in [0.1, 0.15) is 17.0 Å². The maximum atomic E-state index is 12.3. The molecular weight excluding hydrogens is 300 g/mol. The van der Waals surface area contributed by atoms with E-state index in [9.17, 15) is 4.79 Å². The molecule has 0 N–H and O–H groups in total. The Bertz CT molecular complexity index is 1080. The molecule has 22 heavy (non-hydrogen) atoms. The quantitative estimate of drug-likeness (QED) is 0.499. The second kappa shape index (κ2) is 4.71. The van der Waals surface area contributed by atoms with Gasteiger partial charge in [-0.25, -0.2) is 9.78 Å². The Morgan fingerprint density at radius 3 is 2.77 bits per heavy atom. The molecule has 0 aliphatic heterocycles. The van der Waals surface area contributed by atoms with Crippen molar-refractivity contribution in [3.05, 3.63) is 64.0 Å². The molecule has 0 spiro atoms. The lowest BCUT2D eigenvalue weighted by atomic mass is 10.2. The number of fused-ring (bicyclic) bond motifs is 2. The van der Waals surface area contributed by atoms with Crippen molar-refractivity contribution < 1.29 is 4.42 Å². The third kappa shape index (κ3) is 1.92. The van der Waals surface area contributed by atoms with Gasteiger partial charge in [-0.1, -0.05) is 23.7 Å². The zero-order chi connectivity index (χ0) is 15.3. The second-order valence-corrected chi connectivity index (χ2v) is 5.55. The molecule has 2 heterocycles. The number of aryl methyl sites for hydroxylation is 1. The topological polar surface area (TPSA) is 48.0 Å². The van der Waals surface area contributed by atoms with Crippen molar-refractivity contribution in [2.75, 3.05) is 0 Å². The summed E-state index contributed by atoms with van der Waals surface area (Å²) in [4.78, 5) is 16.8. The highest BCUT2D eigenvalue weighted by Gasteiger charge is 2.15. The van der Waals surface area contributed by atoms with Gasteiger partial charge in [-0.05, 0) is 36.4 Å². The van der Waals surface area contributed by atoms with Gasteiger partial charge in [0.25, 0.3) is 0 Å². The molecule has 0 radical (unpaired) electrons. The number of benzene rings is 2. The minimum atomic E-state index is -0.409. The summed E-state index contributed by atoms with van der Waals surface area (Å²) < 4.78 is 7.27. The van der Waals surface area contributed by atoms with Gasteiger partial charge >= 0.3 is 5.63 Å². The summed E-state index contributed by atoms with van der Waals surface area (Å²) in [5.74, 6) is 0.580. The van der Waals surface area contributed by atoms with Crippen molar-refractivity contribution in [1.29, 1.82) is 0 Å². The number of hydrogen-bond acceptors (Lipinski definition) is 3. The number of halogens is 1. The third-order valence-electron chi connectivity index (χ3n) is 3.72. The first-order valence-electron chi connectivity index (χ1n) is 6.79. The standard InChI is InChI=1S/C17H11ClN2O2/c1-20-14-5-3-2-4-13(14)19-16(20)12-9-10-8-11(18)6-7-15(10)22-17(12)21/h2-9H,1H3. The van der Waals surface area contributed by atoms with Crippen LogP contribution in [-0.4, -0.2) is 9.55 Å². The first-order valence-corrected chi connectivity index (χ1v) is 7.16. The van der Waals surface area contributed by atoms with Gasteiger partial charge in [-0.2, -0.15) is 0 Å². The predicted molar refractivity (Wildman–Crippen MR) is 87.2 cm³/mol. The number of nitrogens with zero attached hydrogens (tertiary/aromatic N) is 2. The van der Waals surface area contributed by atoms with E-state index in [0.717, 1.165) is 16.4 Å². The molecule has 108 valence electrons. The fourth-order valence-corrected chi connectivity index (χ4v) is 2.82. The molecule has 0 atom stereocenters. The zero-order valence-corrected chi connectivity index (χ0v) is 12.5. The van der Waals surface area contributed by atoms with Crippen molar-refractivity contribution >= 4 is 33.6 Å². The van der Waals surface area contributed by atoms with Crippen LogP contribution in [-0.2, 0) is 7.05 Å². The summed E-state index contributed by atoms with van der Waals surface area (Å²) in [7, 11) is 1.88. The van der Waals surface area contributed by atoms with Gasteiger partial charge in [0.2, 0.25) is 0 Å². The van der Waals surface area contributed by atoms with Crippen LogP contribution in [0.25, 0.3) is 33.4 Å². The van der Waals surface area contributed by atoms with Gasteiger partial charge in [-0.3, -0.25) is 0 Å². The van der Waals surface area contributed by atoms with Gasteiger partial charge in [-0.15, -0.1) is 0 Å². The largest absolute Gasteiger partial charge is 0.422 e. The van der Waals surface area contributed by atoms with Crippen LogP contribution in [0, 0.1) is 0 Å². The molecule has 0 amide bonds. The highest BCUT2D eigenvalue weighted by molar-refractivity contribution is 6.31. The molecule has 0 fully saturated rings. The molecule has 0 saturated heterocycles. The number of aromatic nitrogens is 2. The van der Waals surface area contributed by atoms with Gasteiger partial charge in [0, 0.05) is 17.5 Å². The highest BCUT2D eigenvalue weighted by Crippen LogP contribution is 2.25. The summed E-state index contributed by atoms with van der Waals surface area (Å²) in [5.41, 5.74) is 2.33. The SMILES string of the molecule is Cn1c(-c2cc3cc(Cl)ccc3oc2=O)nc2ccccc21. The molecule has 2 aromatic carbocycles. The Balaban J connectivity index is 2.05. The van der Waals surface area contributed by atoms with E-state index in [-0.39, 0.29) is 0 Å². The summed E-state index contributed by atoms with van der Waals surface area (Å²) in [6, 6.07) is 14.7. The summed E-state index contributed by atoms with van der Waals surface area (Å²) in [6.45, 7) is 0. The van der Waals surface area contributed by atoms with E-state index in [0.29, 0.717) is 22.0 Å². The molecule has 0 aliphatic carbocycles. The smallest absolute Gasteiger partial charge is 0.347 e. The maximum absolute atomic E-state index is 12.3. The molecule has 4 aromatic rings. The molecule has 0 bridgehead atoms. The summed E-state index contributed by atoms with van der Waals surface area (Å²) >= 11 is 6.01. The second-order valence-electron chi connectivity index (χ2n) is 5.11. The lowest BCUT2D eigenvalue weighted by molar-refractivity contribution is 0.562. The van der Waals surface area contributed by atoms with Crippen LogP contribution in [0.5, 0.6) is 0 Å². The van der Waals surface area contributed by atoms with Crippen LogP contribution >= 0.6 is 11.6 Å². The van der Waals surface area contributed by atoms with E-state index < -0.39 is 5.63 Å². The van der Waals surface area contributed by atoms with E-state index in [4.69, 9.17) is 16.0 Å². The Morgan fingerprint density at radius 2 is 1.95 bits per heavy atom. The zero-order valence-electron chi connectivity index (χ0n) is 11.7. The Labute approximate surface area is 130 Å². The van der Waals surface area contributed by atoms with Gasteiger partial charge in [0.15, 0.2) is 0 Å². The highest BCUT2D eigenvalue weighted by atomic mass is 35.5. The van der Waals surface area contributed by atoms with Crippen LogP contribution in [0.2, 0.25) is 5.02 Å². The van der Waals surface area contributed by atoms with E-state index in [1.54, 1.807) is 24.3 Å². The van der Waals surface area contributed by atoms with Crippen LogP contribution < -0.4 is 5.63 Å². The monoisotopic (exact) mass is 310 g/mol. The lowest BCUT2D eigenvalue weighted by Crippen LogP contribution is -2.06. The number of imidazole rings is 1. The molecule has 4 nitrogen and oxygen atoms in total. The van der Waals surface area contributed by atoms with E-state index in [2.05, 4.69) is 4.98 Å². The minimum absolute atomic E-state index is 0.409. The number of hydrogen-bond donors (Lipinski definition) is 0. The third-order valence-corrected chi connectivity index (χ3v) is 3.96. The Morgan fingerprint density at radius 1 is 1.14 bits per heavy atom. The van der Waals surface area contributed by atoms with Crippen LogP contribution in [0.15, 0.2) is 57.7 Å². The molecule has 4 rings (SSSR count). The molecule has 0 unspecified atom stereocenters. The van der Waals surface area contributed by atoms with E-state index in [1.807, 2.05) is 35.9 Å². The Kier molecular flexibility index (Phi) is 2.81. The van der Waals surface area contributed by atoms with Crippen molar-refractivity contribution in [1.82, 2.24) is 9.55 Å². The normalized spacial score (nSPS) is 11.4. The molecular formula is C17H11ClN2O2. The van der Waals surface area contributed by atoms with Crippen molar-refractivity contribution in [2.45, 2.75) is 0 Å². The first-order chi connectivity index (χ1) is 10.6. The minimum Gasteiger partial charge on any atom is -0.422 e. The van der Waals surface area contributed by atoms with Crippen LogP contribution in [0.1, 0.15) is 0 Å². The van der Waals surface area contributed by atoms with Gasteiger partial charge < -0.3 is 8.98 Å². The average molecular weight is 311 g/mol. The van der Waals surface area contributed by atoms with E-state index in [1.165, 1.54) is 0 Å². The lowest BCUT2D eigenvalue weighted by Gasteiger charge is -2.03. The first kappa shape index (κ1) is 13.1. The fraction of sp³-hybridized carbons (Fsp3) is 0.0588. The Hall–Kier alpha value is -2.59. The average Bonchev–Trinajstić information content (AvgIpc) is 2.84. The number of para-hydroxylation sites is 2. The molecule has 0 aliphatic rings. The molecule has 0 saturated carbocycles. The maximum Gasteiger partial charge on any atom is 0.347 e. The van der Waals surface area contributed by atoms with Crippen LogP contribution in [0.3, 0.4) is 0 Å². The predicted octanol–water partition coefficient (Wildman–Crippen LogP) is 4.00. The van der Waals surface area contributed by atoms with E-state index >= 15 is 0 Å². The van der Waals surface area contributed by atoms with Crippen molar-refractivity contribution in [3.63, 3.8) is 0 Å². The van der Waals surface area contributed by atoms with Crippen LogP contribution in [0.4, 0.5) is 0 Å². The summed E-state index contributed by atoms with van der Waals surface area (Å²) in [6.07, 6.45) is 0. The van der Waals surface area contributed by atoms with Gasteiger partial charge in [0.05, 0.1) is 11.0 Å². The number of rotatable bonds is 1. The fourth-order valence-electron chi connectivity index (χ4n) is 2.64. The van der Waals surface area contributed by atoms with Crippen molar-refractivity contribution in [2.24, 2.45) is 7.05 Å². The molecule has 5 heteroatoms. The van der Waals surface area contributed by atoms with Crippen molar-refractivity contribution in [3.8, 4) is 11.4 Å². The molecule has 2 aromatic heterocycles.